The average molecular weight is 222 g/mol. The zero-order valence-corrected chi connectivity index (χ0v) is 8.55. The van der Waals surface area contributed by atoms with Gasteiger partial charge < -0.3 is 0 Å². The van der Waals surface area contributed by atoms with Crippen molar-refractivity contribution in [3.8, 4) is 0 Å². The summed E-state index contributed by atoms with van der Waals surface area (Å²) in [6.45, 7) is 3.59. The molecule has 3 heteroatoms. The molecule has 0 radical (unpaired) electrons. The molecular weight excluding hydrogens is 214 g/mol. The number of halogens is 3. The van der Waals surface area contributed by atoms with Gasteiger partial charge in [0.05, 0.1) is 0 Å². The summed E-state index contributed by atoms with van der Waals surface area (Å²) < 4.78 is 0. The van der Waals surface area contributed by atoms with Crippen LogP contribution in [0.5, 0.6) is 0 Å². The van der Waals surface area contributed by atoms with Gasteiger partial charge in [-0.1, -0.05) is 41.4 Å². The molecule has 0 aliphatic heterocycles. The molecule has 0 atom stereocenters. The molecular formula is C9H7Cl3. The van der Waals surface area contributed by atoms with Gasteiger partial charge in [-0.15, -0.1) is 0 Å². The van der Waals surface area contributed by atoms with Crippen LogP contribution in [0.1, 0.15) is 5.56 Å². The Kier molecular flexibility index (Phi) is 3.45. The fraction of sp³-hybridized carbons (Fsp3) is 0.111. The maximum absolute atomic E-state index is 5.78. The largest absolute Gasteiger partial charge is 0.0894 e. The van der Waals surface area contributed by atoms with E-state index in [0.717, 1.165) is 5.56 Å². The highest BCUT2D eigenvalue weighted by atomic mass is 35.5. The van der Waals surface area contributed by atoms with E-state index in [1.807, 2.05) is 12.1 Å². The molecule has 0 saturated carbocycles. The monoisotopic (exact) mass is 220 g/mol. The molecule has 0 bridgehead atoms. The zero-order valence-electron chi connectivity index (χ0n) is 6.28. The molecule has 0 nitrogen and oxygen atoms in total. The zero-order chi connectivity index (χ0) is 9.14. The van der Waals surface area contributed by atoms with E-state index in [2.05, 4.69) is 6.58 Å². The Morgan fingerprint density at radius 3 is 2.08 bits per heavy atom. The second-order valence-electron chi connectivity index (χ2n) is 2.47. The van der Waals surface area contributed by atoms with Crippen molar-refractivity contribution in [2.24, 2.45) is 0 Å². The van der Waals surface area contributed by atoms with E-state index >= 15 is 0 Å². The molecule has 0 aliphatic carbocycles. The lowest BCUT2D eigenvalue weighted by atomic mass is 10.1. The van der Waals surface area contributed by atoms with E-state index in [1.165, 1.54) is 0 Å². The van der Waals surface area contributed by atoms with Gasteiger partial charge in [0.2, 0.25) is 0 Å². The first kappa shape index (κ1) is 9.91. The Hall–Kier alpha value is -0.170. The standard InChI is InChI=1S/C9H7Cl3/c1-6(10)2-7-3-8(11)5-9(12)4-7/h3-5H,1-2H2. The van der Waals surface area contributed by atoms with Gasteiger partial charge in [0.25, 0.3) is 0 Å². The van der Waals surface area contributed by atoms with Crippen molar-refractivity contribution in [3.05, 3.63) is 45.4 Å². The summed E-state index contributed by atoms with van der Waals surface area (Å²) in [6.07, 6.45) is 0.599. The normalized spacial score (nSPS) is 9.92. The van der Waals surface area contributed by atoms with Gasteiger partial charge in [-0.2, -0.15) is 0 Å². The van der Waals surface area contributed by atoms with Crippen LogP contribution in [0.4, 0.5) is 0 Å². The van der Waals surface area contributed by atoms with Crippen molar-refractivity contribution in [2.75, 3.05) is 0 Å². The summed E-state index contributed by atoms with van der Waals surface area (Å²) in [6, 6.07) is 5.32. The van der Waals surface area contributed by atoms with Crippen LogP contribution in [0.3, 0.4) is 0 Å². The number of allylic oxidation sites excluding steroid dienone is 1. The maximum atomic E-state index is 5.78. The number of hydrogen-bond acceptors (Lipinski definition) is 0. The van der Waals surface area contributed by atoms with Crippen molar-refractivity contribution in [3.63, 3.8) is 0 Å². The summed E-state index contributed by atoms with van der Waals surface area (Å²) in [4.78, 5) is 0. The van der Waals surface area contributed by atoms with Gasteiger partial charge in [0, 0.05) is 21.5 Å². The van der Waals surface area contributed by atoms with Gasteiger partial charge >= 0.3 is 0 Å². The molecule has 1 aromatic rings. The molecule has 1 rings (SSSR count). The van der Waals surface area contributed by atoms with Crippen molar-refractivity contribution in [1.29, 1.82) is 0 Å². The van der Waals surface area contributed by atoms with Crippen LogP contribution in [0, 0.1) is 0 Å². The third-order valence-electron chi connectivity index (χ3n) is 1.32. The average Bonchev–Trinajstić information content (AvgIpc) is 1.81. The number of benzene rings is 1. The van der Waals surface area contributed by atoms with E-state index in [-0.39, 0.29) is 0 Å². The van der Waals surface area contributed by atoms with Crippen molar-refractivity contribution < 1.29 is 0 Å². The van der Waals surface area contributed by atoms with Crippen LogP contribution in [0.25, 0.3) is 0 Å². The molecule has 0 amide bonds. The lowest BCUT2D eigenvalue weighted by molar-refractivity contribution is 1.25. The summed E-state index contributed by atoms with van der Waals surface area (Å²) in [7, 11) is 0. The summed E-state index contributed by atoms with van der Waals surface area (Å²) in [5.74, 6) is 0. The Morgan fingerprint density at radius 1 is 1.17 bits per heavy atom. The van der Waals surface area contributed by atoms with E-state index in [4.69, 9.17) is 34.8 Å². The second-order valence-corrected chi connectivity index (χ2v) is 3.88. The van der Waals surface area contributed by atoms with Gasteiger partial charge in [-0.25, -0.2) is 0 Å². The molecule has 0 unspecified atom stereocenters. The maximum Gasteiger partial charge on any atom is 0.0423 e. The lowest BCUT2D eigenvalue weighted by Gasteiger charge is -2.00. The minimum atomic E-state index is 0.577. The number of rotatable bonds is 2. The molecule has 0 aliphatic rings. The van der Waals surface area contributed by atoms with Crippen LogP contribution in [0.2, 0.25) is 10.0 Å². The van der Waals surface area contributed by atoms with Crippen LogP contribution in [-0.4, -0.2) is 0 Å². The Balaban J connectivity index is 2.93. The quantitative estimate of drug-likeness (QED) is 0.699. The highest BCUT2D eigenvalue weighted by Crippen LogP contribution is 2.21. The first-order valence-electron chi connectivity index (χ1n) is 3.36. The third kappa shape index (κ3) is 3.06. The molecule has 12 heavy (non-hydrogen) atoms. The first-order chi connectivity index (χ1) is 5.58. The van der Waals surface area contributed by atoms with Gasteiger partial charge in [0.1, 0.15) is 0 Å². The third-order valence-corrected chi connectivity index (χ3v) is 1.89. The summed E-state index contributed by atoms with van der Waals surface area (Å²) in [5.41, 5.74) is 0.979. The van der Waals surface area contributed by atoms with Crippen LogP contribution >= 0.6 is 34.8 Å². The molecule has 0 aromatic heterocycles. The van der Waals surface area contributed by atoms with E-state index < -0.39 is 0 Å². The van der Waals surface area contributed by atoms with Crippen LogP contribution < -0.4 is 0 Å². The highest BCUT2D eigenvalue weighted by molar-refractivity contribution is 6.34. The predicted molar refractivity (Wildman–Crippen MR) is 55.2 cm³/mol. The topological polar surface area (TPSA) is 0 Å². The predicted octanol–water partition coefficient (Wildman–Crippen LogP) is 4.29. The SMILES string of the molecule is C=C(Cl)Cc1cc(Cl)cc(Cl)c1. The van der Waals surface area contributed by atoms with E-state index in [0.29, 0.717) is 21.5 Å². The Bertz CT molecular complexity index is 284. The lowest BCUT2D eigenvalue weighted by Crippen LogP contribution is -1.83. The van der Waals surface area contributed by atoms with E-state index in [9.17, 15) is 0 Å². The smallest absolute Gasteiger partial charge is 0.0423 e. The fourth-order valence-corrected chi connectivity index (χ4v) is 1.66. The van der Waals surface area contributed by atoms with Gasteiger partial charge in [0.15, 0.2) is 0 Å². The molecule has 0 spiro atoms. The molecule has 0 saturated heterocycles. The van der Waals surface area contributed by atoms with Gasteiger partial charge in [-0.3, -0.25) is 0 Å². The highest BCUT2D eigenvalue weighted by Gasteiger charge is 1.98. The van der Waals surface area contributed by atoms with Crippen molar-refractivity contribution >= 4 is 34.8 Å². The minimum absolute atomic E-state index is 0.577. The Labute approximate surface area is 86.7 Å². The summed E-state index contributed by atoms with van der Waals surface area (Å²) in [5, 5.41) is 1.82. The Morgan fingerprint density at radius 2 is 1.67 bits per heavy atom. The van der Waals surface area contributed by atoms with Crippen molar-refractivity contribution in [1.82, 2.24) is 0 Å². The van der Waals surface area contributed by atoms with Crippen LogP contribution in [0.15, 0.2) is 29.8 Å². The molecule has 1 aromatic carbocycles. The first-order valence-corrected chi connectivity index (χ1v) is 4.49. The number of hydrogen-bond donors (Lipinski definition) is 0. The molecule has 0 fully saturated rings. The summed E-state index contributed by atoms with van der Waals surface area (Å²) >= 11 is 17.2. The van der Waals surface area contributed by atoms with Crippen LogP contribution in [-0.2, 0) is 6.42 Å². The van der Waals surface area contributed by atoms with Gasteiger partial charge in [-0.05, 0) is 23.8 Å². The molecule has 0 N–H and O–H groups in total. The minimum Gasteiger partial charge on any atom is -0.0894 e. The molecule has 0 heterocycles. The second kappa shape index (κ2) is 4.18. The molecule has 64 valence electrons. The van der Waals surface area contributed by atoms with E-state index in [1.54, 1.807) is 6.07 Å². The fourth-order valence-electron chi connectivity index (χ4n) is 0.934. The van der Waals surface area contributed by atoms with Crippen molar-refractivity contribution in [2.45, 2.75) is 6.42 Å².